The molecule has 0 amide bonds. The molecule has 0 saturated heterocycles. The first kappa shape index (κ1) is 12.7. The molecule has 1 rings (SSSR count). The lowest BCUT2D eigenvalue weighted by molar-refractivity contribution is 0.464. The molecule has 0 aliphatic heterocycles. The van der Waals surface area contributed by atoms with Crippen LogP contribution in [0.2, 0.25) is 0 Å². The maximum Gasteiger partial charge on any atom is 0.253 e. The molecular weight excluding hydrogens is 246 g/mol. The summed E-state index contributed by atoms with van der Waals surface area (Å²) in [7, 11) is -3.62. The van der Waals surface area contributed by atoms with Gasteiger partial charge in [0.15, 0.2) is 0 Å². The monoisotopic (exact) mass is 255 g/mol. The van der Waals surface area contributed by atoms with Crippen molar-refractivity contribution in [2.45, 2.75) is 11.1 Å². The zero-order valence-electron chi connectivity index (χ0n) is 8.54. The van der Waals surface area contributed by atoms with Crippen molar-refractivity contribution in [1.29, 1.82) is 10.5 Å². The SMILES string of the molecule is CCN(CC#N)S(=O)(=O)c1ccc(C#N)s1. The Morgan fingerprint density at radius 2 is 2.12 bits per heavy atom. The fourth-order valence-electron chi connectivity index (χ4n) is 1.09. The van der Waals surface area contributed by atoms with E-state index in [0.717, 1.165) is 15.6 Å². The van der Waals surface area contributed by atoms with Crippen molar-refractivity contribution in [3.8, 4) is 12.1 Å². The number of nitriles is 2. The van der Waals surface area contributed by atoms with Crippen LogP contribution in [0.3, 0.4) is 0 Å². The van der Waals surface area contributed by atoms with E-state index >= 15 is 0 Å². The first-order valence-corrected chi connectivity index (χ1v) is 6.69. The Morgan fingerprint density at radius 1 is 1.44 bits per heavy atom. The van der Waals surface area contributed by atoms with Crippen LogP contribution in [0, 0.1) is 22.7 Å². The van der Waals surface area contributed by atoms with Gasteiger partial charge in [0.2, 0.25) is 0 Å². The molecule has 0 aliphatic carbocycles. The number of rotatable bonds is 4. The standard InChI is InChI=1S/C9H9N3O2S2/c1-2-12(6-5-10)16(13,14)9-4-3-8(7-11)15-9/h3-4H,2,6H2,1H3. The predicted octanol–water partition coefficient (Wildman–Crippen LogP) is 1.15. The van der Waals surface area contributed by atoms with Gasteiger partial charge in [-0.1, -0.05) is 6.92 Å². The van der Waals surface area contributed by atoms with Crippen LogP contribution in [-0.2, 0) is 10.0 Å². The summed E-state index contributed by atoms with van der Waals surface area (Å²) in [6, 6.07) is 6.52. The molecule has 1 heterocycles. The van der Waals surface area contributed by atoms with Crippen LogP contribution in [0.4, 0.5) is 0 Å². The second-order valence-corrected chi connectivity index (χ2v) is 6.07. The Hall–Kier alpha value is -1.41. The Balaban J connectivity index is 3.11. The summed E-state index contributed by atoms with van der Waals surface area (Å²) in [5, 5.41) is 17.1. The summed E-state index contributed by atoms with van der Waals surface area (Å²) in [6.45, 7) is 1.71. The van der Waals surface area contributed by atoms with E-state index in [4.69, 9.17) is 10.5 Å². The molecule has 84 valence electrons. The molecule has 1 aromatic rings. The summed E-state index contributed by atoms with van der Waals surface area (Å²) in [5.74, 6) is 0. The minimum Gasteiger partial charge on any atom is -0.206 e. The maximum atomic E-state index is 12.0. The van der Waals surface area contributed by atoms with E-state index in [0.29, 0.717) is 4.88 Å². The minimum atomic E-state index is -3.62. The highest BCUT2D eigenvalue weighted by molar-refractivity contribution is 7.91. The van der Waals surface area contributed by atoms with Gasteiger partial charge in [0.25, 0.3) is 10.0 Å². The van der Waals surface area contributed by atoms with Crippen LogP contribution in [0.5, 0.6) is 0 Å². The molecule has 0 radical (unpaired) electrons. The molecule has 0 atom stereocenters. The van der Waals surface area contributed by atoms with Gasteiger partial charge in [0, 0.05) is 6.54 Å². The van der Waals surface area contributed by atoms with E-state index in [2.05, 4.69) is 0 Å². The third-order valence-electron chi connectivity index (χ3n) is 1.89. The summed E-state index contributed by atoms with van der Waals surface area (Å²) in [6.07, 6.45) is 0. The number of thiophene rings is 1. The van der Waals surface area contributed by atoms with Crippen molar-refractivity contribution in [2.24, 2.45) is 0 Å². The molecule has 0 fully saturated rings. The number of nitrogens with zero attached hydrogens (tertiary/aromatic N) is 3. The molecule has 16 heavy (non-hydrogen) atoms. The average Bonchev–Trinajstić information content (AvgIpc) is 2.74. The van der Waals surface area contributed by atoms with Crippen molar-refractivity contribution in [1.82, 2.24) is 4.31 Å². The van der Waals surface area contributed by atoms with Crippen molar-refractivity contribution in [3.63, 3.8) is 0 Å². The molecule has 1 aromatic heterocycles. The molecule has 5 nitrogen and oxygen atoms in total. The number of hydrogen-bond acceptors (Lipinski definition) is 5. The van der Waals surface area contributed by atoms with Gasteiger partial charge < -0.3 is 0 Å². The number of hydrogen-bond donors (Lipinski definition) is 0. The minimum absolute atomic E-state index is 0.0983. The van der Waals surface area contributed by atoms with Crippen LogP contribution in [-0.4, -0.2) is 25.8 Å². The van der Waals surface area contributed by atoms with Gasteiger partial charge in [-0.3, -0.25) is 0 Å². The average molecular weight is 255 g/mol. The topological polar surface area (TPSA) is 85.0 Å². The Kier molecular flexibility index (Phi) is 4.02. The Morgan fingerprint density at radius 3 is 2.56 bits per heavy atom. The Labute approximate surface area is 98.2 Å². The summed E-state index contributed by atoms with van der Waals surface area (Å²) in [5.41, 5.74) is 0. The largest absolute Gasteiger partial charge is 0.253 e. The molecule has 0 aliphatic rings. The van der Waals surface area contributed by atoms with Gasteiger partial charge in [0.05, 0.1) is 6.07 Å². The van der Waals surface area contributed by atoms with Crippen LogP contribution in [0.15, 0.2) is 16.3 Å². The van der Waals surface area contributed by atoms with Crippen molar-refractivity contribution < 1.29 is 8.42 Å². The van der Waals surface area contributed by atoms with Gasteiger partial charge in [-0.05, 0) is 12.1 Å². The highest BCUT2D eigenvalue weighted by atomic mass is 32.2. The smallest absolute Gasteiger partial charge is 0.206 e. The first-order valence-electron chi connectivity index (χ1n) is 4.43. The molecule has 0 aromatic carbocycles. The van der Waals surface area contributed by atoms with Crippen molar-refractivity contribution in [2.75, 3.05) is 13.1 Å². The first-order chi connectivity index (χ1) is 7.56. The highest BCUT2D eigenvalue weighted by Crippen LogP contribution is 2.24. The summed E-state index contributed by atoms with van der Waals surface area (Å²) in [4.78, 5) is 0.339. The molecule has 7 heteroatoms. The zero-order valence-corrected chi connectivity index (χ0v) is 10.2. The molecule has 0 unspecified atom stereocenters. The summed E-state index contributed by atoms with van der Waals surface area (Å²) >= 11 is 0.909. The molecule has 0 saturated carbocycles. The van der Waals surface area contributed by atoms with Crippen LogP contribution in [0.25, 0.3) is 0 Å². The maximum absolute atomic E-state index is 12.0. The van der Waals surface area contributed by atoms with Gasteiger partial charge in [-0.15, -0.1) is 11.3 Å². The van der Waals surface area contributed by atoms with E-state index in [1.165, 1.54) is 12.1 Å². The summed E-state index contributed by atoms with van der Waals surface area (Å²) < 4.78 is 25.1. The fourth-order valence-corrected chi connectivity index (χ4v) is 3.70. The number of sulfonamides is 1. The predicted molar refractivity (Wildman–Crippen MR) is 59.1 cm³/mol. The highest BCUT2D eigenvalue weighted by Gasteiger charge is 2.24. The van der Waals surface area contributed by atoms with E-state index in [1.54, 1.807) is 13.0 Å². The third-order valence-corrected chi connectivity index (χ3v) is 5.26. The van der Waals surface area contributed by atoms with Gasteiger partial charge in [0.1, 0.15) is 21.7 Å². The van der Waals surface area contributed by atoms with E-state index < -0.39 is 10.0 Å². The van der Waals surface area contributed by atoms with Gasteiger partial charge >= 0.3 is 0 Å². The van der Waals surface area contributed by atoms with Gasteiger partial charge in [-0.2, -0.15) is 14.8 Å². The Bertz CT molecular complexity index is 548. The quantitative estimate of drug-likeness (QED) is 0.755. The fraction of sp³-hybridized carbons (Fsp3) is 0.333. The van der Waals surface area contributed by atoms with Crippen LogP contribution < -0.4 is 0 Å². The lowest BCUT2D eigenvalue weighted by atomic mass is 10.5. The van der Waals surface area contributed by atoms with E-state index in [9.17, 15) is 8.42 Å². The second kappa shape index (κ2) is 5.08. The van der Waals surface area contributed by atoms with Crippen molar-refractivity contribution in [3.05, 3.63) is 17.0 Å². The zero-order chi connectivity index (χ0) is 12.2. The van der Waals surface area contributed by atoms with Gasteiger partial charge in [-0.25, -0.2) is 8.42 Å². The lowest BCUT2D eigenvalue weighted by Crippen LogP contribution is -2.30. The normalized spacial score (nSPS) is 11.0. The van der Waals surface area contributed by atoms with E-state index in [1.807, 2.05) is 6.07 Å². The molecule has 0 bridgehead atoms. The molecule has 0 spiro atoms. The van der Waals surface area contributed by atoms with Crippen LogP contribution in [0.1, 0.15) is 11.8 Å². The lowest BCUT2D eigenvalue weighted by Gasteiger charge is -2.15. The van der Waals surface area contributed by atoms with Crippen molar-refractivity contribution >= 4 is 21.4 Å². The second-order valence-electron chi connectivity index (χ2n) is 2.82. The molecular formula is C9H9N3O2S2. The van der Waals surface area contributed by atoms with Crippen LogP contribution >= 0.6 is 11.3 Å². The molecule has 0 N–H and O–H groups in total. The third kappa shape index (κ3) is 2.39. The van der Waals surface area contributed by atoms with E-state index in [-0.39, 0.29) is 17.3 Å².